The number of benzene rings is 2. The first-order valence-electron chi connectivity index (χ1n) is 8.73. The average Bonchev–Trinajstić information content (AvgIpc) is 3.27. The number of hydrogen-bond donors (Lipinski definition) is 0. The van der Waals surface area contributed by atoms with Gasteiger partial charge in [0, 0.05) is 25.2 Å². The van der Waals surface area contributed by atoms with Crippen LogP contribution in [-0.2, 0) is 11.3 Å². The number of ether oxygens (including phenoxy) is 1. The molecule has 0 aliphatic carbocycles. The maximum atomic E-state index is 12.5. The molecule has 0 aliphatic heterocycles. The number of tetrazole rings is 1. The van der Waals surface area contributed by atoms with E-state index in [0.717, 1.165) is 22.2 Å². The summed E-state index contributed by atoms with van der Waals surface area (Å²) in [5.41, 5.74) is 2.78. The van der Waals surface area contributed by atoms with Gasteiger partial charge in [0.25, 0.3) is 5.91 Å². The minimum atomic E-state index is -0.106. The molecule has 4 aromatic rings. The lowest BCUT2D eigenvalue weighted by molar-refractivity contribution is -0.132. The van der Waals surface area contributed by atoms with E-state index in [2.05, 4.69) is 20.5 Å². The van der Waals surface area contributed by atoms with Crippen LogP contribution in [0.2, 0.25) is 0 Å². The molecule has 0 atom stereocenters. The molecule has 0 spiro atoms. The molecule has 2 aromatic carbocycles. The van der Waals surface area contributed by atoms with E-state index in [-0.39, 0.29) is 12.5 Å². The second-order valence-electron chi connectivity index (χ2n) is 6.27. The zero-order chi connectivity index (χ0) is 19.3. The van der Waals surface area contributed by atoms with Gasteiger partial charge < -0.3 is 9.64 Å². The van der Waals surface area contributed by atoms with Crippen molar-refractivity contribution in [2.45, 2.75) is 6.54 Å². The molecule has 0 unspecified atom stereocenters. The van der Waals surface area contributed by atoms with E-state index in [1.807, 2.05) is 42.5 Å². The van der Waals surface area contributed by atoms with Crippen LogP contribution in [0, 0.1) is 0 Å². The second kappa shape index (κ2) is 7.83. The maximum absolute atomic E-state index is 12.5. The molecular weight excluding hydrogens is 356 g/mol. The summed E-state index contributed by atoms with van der Waals surface area (Å²) in [6.45, 7) is 0.452. The van der Waals surface area contributed by atoms with Crippen LogP contribution < -0.4 is 4.74 Å². The van der Waals surface area contributed by atoms with Crippen molar-refractivity contribution < 1.29 is 9.53 Å². The van der Waals surface area contributed by atoms with Gasteiger partial charge in [-0.3, -0.25) is 9.78 Å². The third-order valence-corrected chi connectivity index (χ3v) is 4.38. The highest BCUT2D eigenvalue weighted by molar-refractivity contribution is 5.83. The zero-order valence-corrected chi connectivity index (χ0v) is 15.3. The van der Waals surface area contributed by atoms with Crippen LogP contribution in [0.4, 0.5) is 0 Å². The van der Waals surface area contributed by atoms with Crippen LogP contribution >= 0.6 is 0 Å². The van der Waals surface area contributed by atoms with Crippen molar-refractivity contribution in [3.05, 3.63) is 72.7 Å². The summed E-state index contributed by atoms with van der Waals surface area (Å²) in [5, 5.41) is 12.1. The molecule has 0 bridgehead atoms. The van der Waals surface area contributed by atoms with Gasteiger partial charge in [-0.1, -0.05) is 18.2 Å². The molecular formula is C20H18N6O2. The molecule has 8 nitrogen and oxygen atoms in total. The molecule has 8 heteroatoms. The molecule has 1 amide bonds. The fourth-order valence-electron chi connectivity index (χ4n) is 2.88. The Balaban J connectivity index is 1.37. The summed E-state index contributed by atoms with van der Waals surface area (Å²) in [7, 11) is 1.77. The molecule has 140 valence electrons. The highest BCUT2D eigenvalue weighted by Crippen LogP contribution is 2.18. The van der Waals surface area contributed by atoms with Crippen molar-refractivity contribution in [2.24, 2.45) is 0 Å². The fraction of sp³-hybridized carbons (Fsp3) is 0.150. The summed E-state index contributed by atoms with van der Waals surface area (Å²) in [6, 6.07) is 17.0. The van der Waals surface area contributed by atoms with Crippen LogP contribution in [-0.4, -0.2) is 49.7 Å². The summed E-state index contributed by atoms with van der Waals surface area (Å²) in [4.78, 5) is 18.5. The minimum absolute atomic E-state index is 0.0380. The molecule has 0 radical (unpaired) electrons. The van der Waals surface area contributed by atoms with E-state index in [4.69, 9.17) is 4.74 Å². The standard InChI is InChI=1S/C20H18N6O2/c1-25(12-15-4-2-6-19-18(15)5-3-11-21-19)20(27)13-28-17-9-7-16(8-10-17)26-14-22-23-24-26/h2-11,14H,12-13H2,1H3. The quantitative estimate of drug-likeness (QED) is 0.515. The number of fused-ring (bicyclic) bond motifs is 1. The Hall–Kier alpha value is -3.81. The van der Waals surface area contributed by atoms with Gasteiger partial charge in [-0.15, -0.1) is 5.10 Å². The summed E-state index contributed by atoms with van der Waals surface area (Å²) in [6.07, 6.45) is 3.27. The van der Waals surface area contributed by atoms with Gasteiger partial charge in [0.1, 0.15) is 12.1 Å². The number of nitrogens with zero attached hydrogens (tertiary/aromatic N) is 6. The van der Waals surface area contributed by atoms with Crippen molar-refractivity contribution in [3.8, 4) is 11.4 Å². The molecule has 0 fully saturated rings. The first-order valence-corrected chi connectivity index (χ1v) is 8.73. The van der Waals surface area contributed by atoms with E-state index >= 15 is 0 Å². The predicted molar refractivity (Wildman–Crippen MR) is 103 cm³/mol. The Bertz CT molecular complexity index is 1070. The van der Waals surface area contributed by atoms with Crippen LogP contribution in [0.25, 0.3) is 16.6 Å². The monoisotopic (exact) mass is 374 g/mol. The minimum Gasteiger partial charge on any atom is -0.484 e. The summed E-state index contributed by atoms with van der Waals surface area (Å²) in [5.74, 6) is 0.499. The van der Waals surface area contributed by atoms with E-state index in [1.54, 1.807) is 35.0 Å². The molecule has 2 aromatic heterocycles. The molecule has 0 aliphatic rings. The van der Waals surface area contributed by atoms with E-state index < -0.39 is 0 Å². The third kappa shape index (κ3) is 3.80. The molecule has 2 heterocycles. The van der Waals surface area contributed by atoms with Crippen molar-refractivity contribution in [1.29, 1.82) is 0 Å². The van der Waals surface area contributed by atoms with Gasteiger partial charge in [-0.05, 0) is 52.4 Å². The maximum Gasteiger partial charge on any atom is 0.260 e. The second-order valence-corrected chi connectivity index (χ2v) is 6.27. The number of likely N-dealkylation sites (N-methyl/N-ethyl adjacent to an activating group) is 1. The summed E-state index contributed by atoms with van der Waals surface area (Å²) >= 11 is 0. The first-order chi connectivity index (χ1) is 13.7. The van der Waals surface area contributed by atoms with Crippen molar-refractivity contribution in [1.82, 2.24) is 30.1 Å². The van der Waals surface area contributed by atoms with Crippen LogP contribution in [0.15, 0.2) is 67.1 Å². The zero-order valence-electron chi connectivity index (χ0n) is 15.3. The van der Waals surface area contributed by atoms with Crippen molar-refractivity contribution in [2.75, 3.05) is 13.7 Å². The topological polar surface area (TPSA) is 86.0 Å². The van der Waals surface area contributed by atoms with Crippen molar-refractivity contribution in [3.63, 3.8) is 0 Å². The van der Waals surface area contributed by atoms with Crippen molar-refractivity contribution >= 4 is 16.8 Å². The fourth-order valence-corrected chi connectivity index (χ4v) is 2.88. The van der Waals surface area contributed by atoms with Crippen LogP contribution in [0.1, 0.15) is 5.56 Å². The third-order valence-electron chi connectivity index (χ3n) is 4.38. The number of carbonyl (C=O) groups excluding carboxylic acids is 1. The Labute approximate surface area is 161 Å². The highest BCUT2D eigenvalue weighted by atomic mass is 16.5. The normalized spacial score (nSPS) is 10.8. The smallest absolute Gasteiger partial charge is 0.260 e. The number of hydrogen-bond acceptors (Lipinski definition) is 6. The molecule has 0 N–H and O–H groups in total. The lowest BCUT2D eigenvalue weighted by atomic mass is 10.1. The Morgan fingerprint density at radius 2 is 1.96 bits per heavy atom. The number of amides is 1. The first kappa shape index (κ1) is 17.6. The lowest BCUT2D eigenvalue weighted by Gasteiger charge is -2.18. The largest absolute Gasteiger partial charge is 0.484 e. The van der Waals surface area contributed by atoms with E-state index in [1.165, 1.54) is 6.33 Å². The lowest BCUT2D eigenvalue weighted by Crippen LogP contribution is -2.31. The van der Waals surface area contributed by atoms with E-state index in [9.17, 15) is 4.79 Å². The number of aromatic nitrogens is 5. The van der Waals surface area contributed by atoms with Gasteiger partial charge in [-0.25, -0.2) is 4.68 Å². The summed E-state index contributed by atoms with van der Waals surface area (Å²) < 4.78 is 7.17. The Morgan fingerprint density at radius 3 is 2.75 bits per heavy atom. The number of rotatable bonds is 6. The molecule has 28 heavy (non-hydrogen) atoms. The van der Waals surface area contributed by atoms with Gasteiger partial charge in [0.05, 0.1) is 11.2 Å². The molecule has 0 saturated heterocycles. The molecule has 0 saturated carbocycles. The Kier molecular flexibility index (Phi) is 4.92. The van der Waals surface area contributed by atoms with Gasteiger partial charge >= 0.3 is 0 Å². The predicted octanol–water partition coefficient (Wildman–Crippen LogP) is 2.25. The van der Waals surface area contributed by atoms with Gasteiger partial charge in [-0.2, -0.15) is 0 Å². The highest BCUT2D eigenvalue weighted by Gasteiger charge is 2.12. The van der Waals surface area contributed by atoms with Crippen LogP contribution in [0.5, 0.6) is 5.75 Å². The SMILES string of the molecule is CN(Cc1cccc2ncccc12)C(=O)COc1ccc(-n2cnnn2)cc1. The number of carbonyl (C=O) groups is 1. The Morgan fingerprint density at radius 1 is 1.11 bits per heavy atom. The van der Waals surface area contributed by atoms with Gasteiger partial charge in [0.2, 0.25) is 0 Å². The van der Waals surface area contributed by atoms with E-state index in [0.29, 0.717) is 12.3 Å². The van der Waals surface area contributed by atoms with Gasteiger partial charge in [0.15, 0.2) is 6.61 Å². The van der Waals surface area contributed by atoms with Crippen LogP contribution in [0.3, 0.4) is 0 Å². The average molecular weight is 374 g/mol. The number of pyridine rings is 1. The molecule has 4 rings (SSSR count).